The molecule has 1 aromatic carbocycles. The van der Waals surface area contributed by atoms with Gasteiger partial charge in [0, 0.05) is 35.9 Å². The van der Waals surface area contributed by atoms with Crippen LogP contribution in [0.25, 0.3) is 0 Å². The molecule has 0 spiro atoms. The van der Waals surface area contributed by atoms with Crippen LogP contribution in [-0.2, 0) is 4.74 Å². The molecule has 0 bridgehead atoms. The molecular weight excluding hydrogens is 369 g/mol. The molecule has 0 saturated carbocycles. The summed E-state index contributed by atoms with van der Waals surface area (Å²) in [6, 6.07) is 13.4. The number of rotatable bonds is 1. The third kappa shape index (κ3) is 7.16. The van der Waals surface area contributed by atoms with E-state index in [9.17, 15) is 9.18 Å². The Morgan fingerprint density at radius 3 is 2.31 bits per heavy atom. The molecule has 2 aromatic heterocycles. The number of pyridine rings is 2. The summed E-state index contributed by atoms with van der Waals surface area (Å²) in [6.07, 6.45) is 14.4. The number of amides is 1. The Kier molecular flexibility index (Phi) is 8.41. The Morgan fingerprint density at radius 2 is 1.72 bits per heavy atom. The molecule has 144 valence electrons. The molecule has 1 saturated heterocycles. The van der Waals surface area contributed by atoms with Gasteiger partial charge >= 0.3 is 6.09 Å². The standard InChI is InChI=1S/C15H11N3O2.C6H5F.C2H2/c19-15-18-14(10-20-15)13-6-12(8-17-9-13)4-3-11-2-1-5-16-7-11;7-6-4-2-1-3-5-6;1-2/h1-2,5-9,14H,10H2,(H,18,19);1-5H;1-2H/t14-;;/m0../s1. The first kappa shape index (κ1) is 21.1. The fourth-order valence-electron chi connectivity index (χ4n) is 2.28. The Bertz CT molecular complexity index is 996. The summed E-state index contributed by atoms with van der Waals surface area (Å²) in [5, 5.41) is 2.71. The summed E-state index contributed by atoms with van der Waals surface area (Å²) in [4.78, 5) is 19.2. The Labute approximate surface area is 169 Å². The van der Waals surface area contributed by atoms with Crippen molar-refractivity contribution in [1.29, 1.82) is 0 Å². The molecule has 1 aliphatic rings. The first-order valence-electron chi connectivity index (χ1n) is 8.55. The monoisotopic (exact) mass is 387 g/mol. The van der Waals surface area contributed by atoms with Crippen molar-refractivity contribution in [1.82, 2.24) is 15.3 Å². The van der Waals surface area contributed by atoms with Crippen molar-refractivity contribution in [2.24, 2.45) is 0 Å². The van der Waals surface area contributed by atoms with E-state index in [1.54, 1.807) is 43.0 Å². The van der Waals surface area contributed by atoms with Gasteiger partial charge in [-0.2, -0.15) is 0 Å². The molecule has 5 nitrogen and oxygen atoms in total. The average Bonchev–Trinajstić information content (AvgIpc) is 3.22. The molecule has 3 aromatic rings. The molecule has 29 heavy (non-hydrogen) atoms. The molecule has 1 aliphatic heterocycles. The van der Waals surface area contributed by atoms with E-state index < -0.39 is 6.09 Å². The minimum atomic E-state index is -0.401. The van der Waals surface area contributed by atoms with Gasteiger partial charge in [-0.3, -0.25) is 9.97 Å². The number of cyclic esters (lactones) is 1. The lowest BCUT2D eigenvalue weighted by Gasteiger charge is -2.06. The lowest BCUT2D eigenvalue weighted by Crippen LogP contribution is -2.18. The maximum Gasteiger partial charge on any atom is 0.407 e. The van der Waals surface area contributed by atoms with Gasteiger partial charge in [-0.1, -0.05) is 30.0 Å². The molecule has 1 atom stereocenters. The fourth-order valence-corrected chi connectivity index (χ4v) is 2.28. The summed E-state index contributed by atoms with van der Waals surface area (Å²) in [5.41, 5.74) is 2.51. The Morgan fingerprint density at radius 1 is 1.00 bits per heavy atom. The van der Waals surface area contributed by atoms with Gasteiger partial charge < -0.3 is 10.1 Å². The third-order valence-electron chi connectivity index (χ3n) is 3.58. The zero-order chi connectivity index (χ0) is 20.9. The SMILES string of the molecule is C#C.Fc1ccccc1.O=C1N[C@H](c2cncc(C#Cc3cccnc3)c2)CO1. The van der Waals surface area contributed by atoms with Crippen LogP contribution in [0.3, 0.4) is 0 Å². The number of carbonyl (C=O) groups is 1. The highest BCUT2D eigenvalue weighted by Gasteiger charge is 2.23. The summed E-state index contributed by atoms with van der Waals surface area (Å²) < 4.78 is 16.8. The van der Waals surface area contributed by atoms with Crippen LogP contribution in [0.5, 0.6) is 0 Å². The van der Waals surface area contributed by atoms with Gasteiger partial charge in [0.2, 0.25) is 0 Å². The van der Waals surface area contributed by atoms with Crippen LogP contribution in [0.4, 0.5) is 9.18 Å². The molecule has 3 heterocycles. The number of carbonyl (C=O) groups excluding carboxylic acids is 1. The molecular formula is C23H18FN3O2. The zero-order valence-corrected chi connectivity index (χ0v) is 15.5. The number of benzene rings is 1. The maximum absolute atomic E-state index is 11.9. The average molecular weight is 387 g/mol. The summed E-state index contributed by atoms with van der Waals surface area (Å²) in [5.74, 6) is 5.87. The number of halogens is 1. The highest BCUT2D eigenvalue weighted by atomic mass is 19.1. The van der Waals surface area contributed by atoms with Crippen molar-refractivity contribution in [3.8, 4) is 24.7 Å². The van der Waals surface area contributed by atoms with Crippen LogP contribution < -0.4 is 5.32 Å². The molecule has 0 unspecified atom stereocenters. The van der Waals surface area contributed by atoms with Gasteiger partial charge in [0.15, 0.2) is 0 Å². The lowest BCUT2D eigenvalue weighted by atomic mass is 10.1. The topological polar surface area (TPSA) is 64.1 Å². The molecule has 4 rings (SSSR count). The smallest absolute Gasteiger partial charge is 0.407 e. The Balaban J connectivity index is 0.000000280. The van der Waals surface area contributed by atoms with E-state index in [0.717, 1.165) is 16.7 Å². The second-order valence-corrected chi connectivity index (χ2v) is 5.59. The second kappa shape index (κ2) is 11.5. The largest absolute Gasteiger partial charge is 0.447 e. The van der Waals surface area contributed by atoms with Gasteiger partial charge in [0.05, 0.1) is 6.04 Å². The van der Waals surface area contributed by atoms with E-state index in [4.69, 9.17) is 4.74 Å². The normalized spacial score (nSPS) is 13.8. The molecule has 1 fully saturated rings. The van der Waals surface area contributed by atoms with E-state index in [1.165, 1.54) is 12.1 Å². The van der Waals surface area contributed by atoms with Crippen molar-refractivity contribution in [3.05, 3.63) is 95.8 Å². The third-order valence-corrected chi connectivity index (χ3v) is 3.58. The van der Waals surface area contributed by atoms with Gasteiger partial charge in [0.1, 0.15) is 12.4 Å². The number of terminal acetylenes is 1. The highest BCUT2D eigenvalue weighted by Crippen LogP contribution is 2.17. The first-order valence-corrected chi connectivity index (χ1v) is 8.55. The summed E-state index contributed by atoms with van der Waals surface area (Å²) >= 11 is 0. The molecule has 0 aliphatic carbocycles. The number of aromatic nitrogens is 2. The van der Waals surface area contributed by atoms with E-state index in [1.807, 2.05) is 18.2 Å². The number of hydrogen-bond donors (Lipinski definition) is 1. The zero-order valence-electron chi connectivity index (χ0n) is 15.5. The van der Waals surface area contributed by atoms with Crippen molar-refractivity contribution >= 4 is 6.09 Å². The van der Waals surface area contributed by atoms with Crippen LogP contribution >= 0.6 is 0 Å². The molecule has 6 heteroatoms. The quantitative estimate of drug-likeness (QED) is 0.646. The van der Waals surface area contributed by atoms with Crippen LogP contribution in [-0.4, -0.2) is 22.7 Å². The van der Waals surface area contributed by atoms with Crippen LogP contribution in [0.2, 0.25) is 0 Å². The summed E-state index contributed by atoms with van der Waals surface area (Å²) in [6.45, 7) is 0.319. The minimum Gasteiger partial charge on any atom is -0.447 e. The van der Waals surface area contributed by atoms with Crippen molar-refractivity contribution in [2.45, 2.75) is 6.04 Å². The van der Waals surface area contributed by atoms with Crippen molar-refractivity contribution < 1.29 is 13.9 Å². The predicted octanol–water partition coefficient (Wildman–Crippen LogP) is 3.73. The predicted molar refractivity (Wildman–Crippen MR) is 108 cm³/mol. The summed E-state index contributed by atoms with van der Waals surface area (Å²) in [7, 11) is 0. The van der Waals surface area contributed by atoms with Gasteiger partial charge in [0.25, 0.3) is 0 Å². The van der Waals surface area contributed by atoms with E-state index >= 15 is 0 Å². The molecule has 1 N–H and O–H groups in total. The van der Waals surface area contributed by atoms with Gasteiger partial charge in [-0.15, -0.1) is 12.8 Å². The first-order chi connectivity index (χ1) is 14.2. The van der Waals surface area contributed by atoms with E-state index in [2.05, 4.69) is 40.0 Å². The second-order valence-electron chi connectivity index (χ2n) is 5.59. The number of nitrogens with zero attached hydrogens (tertiary/aromatic N) is 2. The molecule has 0 radical (unpaired) electrons. The Hall–Kier alpha value is -4.16. The lowest BCUT2D eigenvalue weighted by molar-refractivity contribution is 0.177. The minimum absolute atomic E-state index is 0.157. The van der Waals surface area contributed by atoms with Gasteiger partial charge in [-0.05, 0) is 35.9 Å². The van der Waals surface area contributed by atoms with Crippen LogP contribution in [0.1, 0.15) is 22.7 Å². The van der Waals surface area contributed by atoms with Crippen molar-refractivity contribution in [3.63, 3.8) is 0 Å². The van der Waals surface area contributed by atoms with E-state index in [-0.39, 0.29) is 11.9 Å². The van der Waals surface area contributed by atoms with Crippen LogP contribution in [0.15, 0.2) is 73.3 Å². The van der Waals surface area contributed by atoms with E-state index in [0.29, 0.717) is 6.61 Å². The number of hydrogen-bond acceptors (Lipinski definition) is 4. The van der Waals surface area contributed by atoms with Crippen molar-refractivity contribution in [2.75, 3.05) is 6.61 Å². The highest BCUT2D eigenvalue weighted by molar-refractivity contribution is 5.70. The fraction of sp³-hybridized carbons (Fsp3) is 0.0870. The number of nitrogens with one attached hydrogen (secondary N) is 1. The number of ether oxygens (including phenoxy) is 1. The number of alkyl carbamates (subject to hydrolysis) is 1. The van der Waals surface area contributed by atoms with Gasteiger partial charge in [-0.25, -0.2) is 9.18 Å². The molecule has 1 amide bonds. The van der Waals surface area contributed by atoms with Crippen LogP contribution in [0, 0.1) is 30.5 Å². The maximum atomic E-state index is 11.9.